The molecule has 0 atom stereocenters. The third kappa shape index (κ3) is 5.75. The minimum Gasteiger partial charge on any atom is -0.489 e. The quantitative estimate of drug-likeness (QED) is 0.346. The fourth-order valence-corrected chi connectivity index (χ4v) is 4.00. The molecule has 30 heavy (non-hydrogen) atoms. The maximum absolute atomic E-state index is 13.2. The van der Waals surface area contributed by atoms with Crippen molar-refractivity contribution in [1.82, 2.24) is 10.3 Å². The Kier molecular flexibility index (Phi) is 6.85. The van der Waals surface area contributed by atoms with Gasteiger partial charge >= 0.3 is 0 Å². The van der Waals surface area contributed by atoms with Gasteiger partial charge in [-0.15, -0.1) is 11.3 Å². The van der Waals surface area contributed by atoms with Crippen molar-refractivity contribution >= 4 is 11.3 Å². The highest BCUT2D eigenvalue weighted by molar-refractivity contribution is 7.15. The van der Waals surface area contributed by atoms with E-state index in [4.69, 9.17) is 4.74 Å². The smallest absolute Gasteiger partial charge is 0.123 e. The average molecular weight is 419 g/mol. The Labute approximate surface area is 180 Å². The fourth-order valence-electron chi connectivity index (χ4n) is 3.10. The van der Waals surface area contributed by atoms with Crippen LogP contribution in [0.15, 0.2) is 85.1 Å². The van der Waals surface area contributed by atoms with Crippen molar-refractivity contribution in [3.8, 4) is 16.2 Å². The van der Waals surface area contributed by atoms with E-state index in [-0.39, 0.29) is 5.82 Å². The lowest BCUT2D eigenvalue weighted by atomic mass is 10.1. The highest BCUT2D eigenvalue weighted by Crippen LogP contribution is 2.28. The van der Waals surface area contributed by atoms with Gasteiger partial charge in [-0.25, -0.2) is 9.37 Å². The van der Waals surface area contributed by atoms with Crippen molar-refractivity contribution in [3.05, 3.63) is 107 Å². The van der Waals surface area contributed by atoms with Crippen LogP contribution in [0.1, 0.15) is 16.1 Å². The molecule has 4 rings (SSSR count). The molecule has 0 aliphatic carbocycles. The third-order valence-electron chi connectivity index (χ3n) is 4.70. The Hall–Kier alpha value is -3.02. The predicted octanol–water partition coefficient (Wildman–Crippen LogP) is 5.86. The summed E-state index contributed by atoms with van der Waals surface area (Å²) in [4.78, 5) is 5.65. The van der Waals surface area contributed by atoms with Crippen molar-refractivity contribution in [2.75, 3.05) is 6.54 Å². The molecular formula is C25H23FN2OS. The van der Waals surface area contributed by atoms with Crippen molar-refractivity contribution < 1.29 is 9.13 Å². The number of benzene rings is 3. The van der Waals surface area contributed by atoms with Crippen molar-refractivity contribution in [3.63, 3.8) is 0 Å². The molecule has 0 spiro atoms. The van der Waals surface area contributed by atoms with Gasteiger partial charge < -0.3 is 10.1 Å². The molecule has 3 nitrogen and oxygen atoms in total. The van der Waals surface area contributed by atoms with E-state index in [2.05, 4.69) is 34.6 Å². The van der Waals surface area contributed by atoms with Crippen molar-refractivity contribution in [2.45, 2.75) is 19.6 Å². The van der Waals surface area contributed by atoms with Crippen LogP contribution >= 0.6 is 11.3 Å². The van der Waals surface area contributed by atoms with Gasteiger partial charge in [-0.2, -0.15) is 0 Å². The Morgan fingerprint density at radius 1 is 0.900 bits per heavy atom. The van der Waals surface area contributed by atoms with Gasteiger partial charge in [-0.1, -0.05) is 42.5 Å². The van der Waals surface area contributed by atoms with Gasteiger partial charge in [0.05, 0.1) is 4.88 Å². The van der Waals surface area contributed by atoms with E-state index in [0.717, 1.165) is 45.3 Å². The van der Waals surface area contributed by atoms with E-state index in [1.165, 1.54) is 6.07 Å². The summed E-state index contributed by atoms with van der Waals surface area (Å²) in [7, 11) is 0. The number of thiazole rings is 1. The molecule has 1 N–H and O–H groups in total. The van der Waals surface area contributed by atoms with E-state index in [0.29, 0.717) is 13.2 Å². The minimum absolute atomic E-state index is 0.187. The molecule has 1 heterocycles. The second-order valence-electron chi connectivity index (χ2n) is 6.97. The van der Waals surface area contributed by atoms with E-state index in [9.17, 15) is 4.39 Å². The van der Waals surface area contributed by atoms with Crippen LogP contribution in [0.2, 0.25) is 0 Å². The molecule has 0 aliphatic rings. The zero-order chi connectivity index (χ0) is 20.6. The zero-order valence-electron chi connectivity index (χ0n) is 16.6. The first kappa shape index (κ1) is 20.3. The van der Waals surface area contributed by atoms with E-state index >= 15 is 0 Å². The van der Waals surface area contributed by atoms with Crippen LogP contribution in [-0.4, -0.2) is 11.5 Å². The molecule has 0 aliphatic heterocycles. The molecule has 5 heteroatoms. The maximum Gasteiger partial charge on any atom is 0.123 e. The number of rotatable bonds is 9. The lowest BCUT2D eigenvalue weighted by Crippen LogP contribution is -2.16. The molecule has 0 unspecified atom stereocenters. The first-order valence-corrected chi connectivity index (χ1v) is 10.7. The SMILES string of the molecule is Fc1cccc(CCNCc2ncc(-c3ccc(OCc4ccccc4)cc3)s2)c1. The molecule has 0 amide bonds. The van der Waals surface area contributed by atoms with E-state index in [1.807, 2.05) is 42.6 Å². The number of halogens is 1. The van der Waals surface area contributed by atoms with Crippen LogP contribution < -0.4 is 10.1 Å². The monoisotopic (exact) mass is 418 g/mol. The molecular weight excluding hydrogens is 395 g/mol. The summed E-state index contributed by atoms with van der Waals surface area (Å²) in [6, 6.07) is 25.0. The van der Waals surface area contributed by atoms with Gasteiger partial charge in [0.1, 0.15) is 23.2 Å². The standard InChI is InChI=1S/C25H23FN2OS/c26-22-8-4-7-19(15-22)13-14-27-17-25-28-16-24(30-25)21-9-11-23(12-10-21)29-18-20-5-2-1-3-6-20/h1-12,15-16,27H,13-14,17-18H2. The van der Waals surface area contributed by atoms with Crippen LogP contribution in [0.5, 0.6) is 5.75 Å². The molecule has 0 saturated carbocycles. The molecule has 4 aromatic rings. The lowest BCUT2D eigenvalue weighted by molar-refractivity contribution is 0.306. The summed E-state index contributed by atoms with van der Waals surface area (Å²) >= 11 is 1.68. The fraction of sp³-hybridized carbons (Fsp3) is 0.160. The lowest BCUT2D eigenvalue weighted by Gasteiger charge is -2.06. The Morgan fingerprint density at radius 2 is 1.70 bits per heavy atom. The Morgan fingerprint density at radius 3 is 2.50 bits per heavy atom. The Balaban J connectivity index is 1.26. The number of ether oxygens (including phenoxy) is 1. The number of nitrogens with zero attached hydrogens (tertiary/aromatic N) is 1. The van der Waals surface area contributed by atoms with Crippen LogP contribution in [0, 0.1) is 5.82 Å². The summed E-state index contributed by atoms with van der Waals surface area (Å²) in [5, 5.41) is 4.42. The highest BCUT2D eigenvalue weighted by Gasteiger charge is 2.05. The van der Waals surface area contributed by atoms with Gasteiger partial charge in [-0.05, 0) is 66.1 Å². The second kappa shape index (κ2) is 10.1. The average Bonchev–Trinajstić information content (AvgIpc) is 3.25. The molecule has 0 saturated heterocycles. The largest absolute Gasteiger partial charge is 0.489 e. The molecule has 0 fully saturated rings. The van der Waals surface area contributed by atoms with Crippen LogP contribution in [0.25, 0.3) is 10.4 Å². The number of nitrogens with one attached hydrogen (secondary N) is 1. The summed E-state index contributed by atoms with van der Waals surface area (Å²) in [5.74, 6) is 0.667. The first-order chi connectivity index (χ1) is 14.8. The summed E-state index contributed by atoms with van der Waals surface area (Å²) in [5.41, 5.74) is 3.28. The third-order valence-corrected chi connectivity index (χ3v) is 5.74. The van der Waals surface area contributed by atoms with Gasteiger partial charge in [0.25, 0.3) is 0 Å². The molecule has 152 valence electrons. The van der Waals surface area contributed by atoms with E-state index in [1.54, 1.807) is 23.5 Å². The molecule has 1 aromatic heterocycles. The summed E-state index contributed by atoms with van der Waals surface area (Å²) < 4.78 is 19.1. The van der Waals surface area contributed by atoms with Crippen molar-refractivity contribution in [1.29, 1.82) is 0 Å². The topological polar surface area (TPSA) is 34.2 Å². The second-order valence-corrected chi connectivity index (χ2v) is 8.09. The highest BCUT2D eigenvalue weighted by atomic mass is 32.1. The Bertz CT molecular complexity index is 1060. The van der Waals surface area contributed by atoms with Crippen LogP contribution in [0.4, 0.5) is 4.39 Å². The normalized spacial score (nSPS) is 10.8. The van der Waals surface area contributed by atoms with Gasteiger partial charge in [0.15, 0.2) is 0 Å². The minimum atomic E-state index is -0.187. The maximum atomic E-state index is 13.2. The summed E-state index contributed by atoms with van der Waals surface area (Å²) in [6.07, 6.45) is 2.70. The predicted molar refractivity (Wildman–Crippen MR) is 120 cm³/mol. The molecule has 0 radical (unpaired) electrons. The van der Waals surface area contributed by atoms with Crippen LogP contribution in [0.3, 0.4) is 0 Å². The van der Waals surface area contributed by atoms with Crippen molar-refractivity contribution in [2.24, 2.45) is 0 Å². The number of hydrogen-bond acceptors (Lipinski definition) is 4. The molecule has 0 bridgehead atoms. The van der Waals surface area contributed by atoms with Gasteiger partial charge in [0.2, 0.25) is 0 Å². The van der Waals surface area contributed by atoms with Gasteiger partial charge in [-0.3, -0.25) is 0 Å². The zero-order valence-corrected chi connectivity index (χ0v) is 17.4. The van der Waals surface area contributed by atoms with E-state index < -0.39 is 0 Å². The van der Waals surface area contributed by atoms with Crippen LogP contribution in [-0.2, 0) is 19.6 Å². The molecule has 3 aromatic carbocycles. The van der Waals surface area contributed by atoms with Gasteiger partial charge in [0, 0.05) is 12.7 Å². The number of hydrogen-bond donors (Lipinski definition) is 1. The first-order valence-electron chi connectivity index (χ1n) is 9.93. The summed E-state index contributed by atoms with van der Waals surface area (Å²) in [6.45, 7) is 2.05. The number of aromatic nitrogens is 1.